The zero-order valence-corrected chi connectivity index (χ0v) is 19.4. The molecule has 0 amide bonds. The summed E-state index contributed by atoms with van der Waals surface area (Å²) in [5.74, 6) is 0.620. The molecule has 0 fully saturated rings. The maximum Gasteiger partial charge on any atom is 0.312 e. The molecule has 0 heterocycles. The first-order chi connectivity index (χ1) is 17.2. The summed E-state index contributed by atoms with van der Waals surface area (Å²) in [6.07, 6.45) is 1.96. The number of carbonyl (C=O) groups is 1. The largest absolute Gasteiger partial charge is 0.496 e. The molecule has 4 aromatic rings. The molecule has 172 valence electrons. The lowest BCUT2D eigenvalue weighted by Crippen LogP contribution is -2.14. The molecular weight excluding hydrogens is 434 g/mol. The minimum absolute atomic E-state index is 0.108. The summed E-state index contributed by atoms with van der Waals surface area (Å²) in [4.78, 5) is 13.0. The Morgan fingerprint density at radius 2 is 1.49 bits per heavy atom. The fraction of sp³-hybridized carbons (Fsp3) is 0.0968. The summed E-state index contributed by atoms with van der Waals surface area (Å²) >= 11 is 0. The van der Waals surface area contributed by atoms with Crippen molar-refractivity contribution < 1.29 is 14.3 Å². The van der Waals surface area contributed by atoms with Crippen molar-refractivity contribution in [3.05, 3.63) is 131 Å². The number of benzene rings is 4. The number of hydrogen-bond acceptors (Lipinski definition) is 4. The Kier molecular flexibility index (Phi) is 7.73. The van der Waals surface area contributed by atoms with E-state index in [-0.39, 0.29) is 18.3 Å². The van der Waals surface area contributed by atoms with E-state index in [9.17, 15) is 10.1 Å². The third-order valence-electron chi connectivity index (χ3n) is 5.69. The minimum Gasteiger partial charge on any atom is -0.496 e. The van der Waals surface area contributed by atoms with Crippen molar-refractivity contribution in [2.24, 2.45) is 0 Å². The average Bonchev–Trinajstić information content (AvgIpc) is 2.91. The Morgan fingerprint density at radius 3 is 2.11 bits per heavy atom. The van der Waals surface area contributed by atoms with Gasteiger partial charge in [0.15, 0.2) is 0 Å². The van der Waals surface area contributed by atoms with E-state index in [2.05, 4.69) is 6.07 Å². The van der Waals surface area contributed by atoms with Crippen molar-refractivity contribution >= 4 is 17.6 Å². The van der Waals surface area contributed by atoms with Gasteiger partial charge in [-0.05, 0) is 47.0 Å². The lowest BCUT2D eigenvalue weighted by atomic mass is 9.88. The second kappa shape index (κ2) is 11.5. The van der Waals surface area contributed by atoms with Crippen LogP contribution in [0.2, 0.25) is 0 Å². The number of para-hydroxylation sites is 1. The number of carbonyl (C=O) groups excluding carboxylic acids is 1. The highest BCUT2D eigenvalue weighted by atomic mass is 16.5. The zero-order chi connectivity index (χ0) is 24.5. The summed E-state index contributed by atoms with van der Waals surface area (Å²) < 4.78 is 11.1. The average molecular weight is 460 g/mol. The van der Waals surface area contributed by atoms with E-state index in [4.69, 9.17) is 9.47 Å². The number of nitriles is 1. The lowest BCUT2D eigenvalue weighted by molar-refractivity contribution is -0.134. The normalized spacial score (nSPS) is 11.1. The van der Waals surface area contributed by atoms with Crippen LogP contribution in [0.1, 0.15) is 34.6 Å². The highest BCUT2D eigenvalue weighted by Crippen LogP contribution is 2.30. The smallest absolute Gasteiger partial charge is 0.312 e. The Balaban J connectivity index is 1.54. The third-order valence-corrected chi connectivity index (χ3v) is 5.69. The van der Waals surface area contributed by atoms with Gasteiger partial charge in [-0.2, -0.15) is 5.26 Å². The maximum absolute atomic E-state index is 13.0. The molecule has 0 N–H and O–H groups in total. The van der Waals surface area contributed by atoms with E-state index in [1.54, 1.807) is 31.4 Å². The van der Waals surface area contributed by atoms with E-state index in [1.807, 2.05) is 91.0 Å². The van der Waals surface area contributed by atoms with Crippen LogP contribution in [0.15, 0.2) is 109 Å². The monoisotopic (exact) mass is 459 g/mol. The SMILES string of the molecule is COc1ccccc1/C(C#N)=C\c1cccc(OC(=O)CC(c2ccccc2)c2ccccc2)c1. The van der Waals surface area contributed by atoms with E-state index in [0.717, 1.165) is 16.7 Å². The predicted octanol–water partition coefficient (Wildman–Crippen LogP) is 6.89. The Morgan fingerprint density at radius 1 is 0.857 bits per heavy atom. The van der Waals surface area contributed by atoms with E-state index in [0.29, 0.717) is 22.6 Å². The first kappa shape index (κ1) is 23.5. The molecule has 0 spiro atoms. The molecule has 0 aliphatic heterocycles. The number of methoxy groups -OCH3 is 1. The zero-order valence-electron chi connectivity index (χ0n) is 19.4. The first-order valence-electron chi connectivity index (χ1n) is 11.3. The fourth-order valence-electron chi connectivity index (χ4n) is 4.01. The Bertz CT molecular complexity index is 1320. The standard InChI is InChI=1S/C31H25NO3/c1-34-30-18-9-8-17-28(30)26(22-32)19-23-11-10-16-27(20-23)35-31(33)21-29(24-12-4-2-5-13-24)25-14-6-3-7-15-25/h2-20,29H,21H2,1H3/b26-19-. The summed E-state index contributed by atoms with van der Waals surface area (Å²) in [6, 6.07) is 36.7. The number of hydrogen-bond donors (Lipinski definition) is 0. The molecule has 0 aliphatic rings. The minimum atomic E-state index is -0.325. The van der Waals surface area contributed by atoms with E-state index in [1.165, 1.54) is 0 Å². The summed E-state index contributed by atoms with van der Waals surface area (Å²) in [6.45, 7) is 0. The van der Waals surface area contributed by atoms with Gasteiger partial charge >= 0.3 is 5.97 Å². The maximum atomic E-state index is 13.0. The second-order valence-corrected chi connectivity index (χ2v) is 7.99. The van der Waals surface area contributed by atoms with E-state index < -0.39 is 0 Å². The van der Waals surface area contributed by atoms with Crippen LogP contribution >= 0.6 is 0 Å². The molecule has 0 radical (unpaired) electrons. The number of allylic oxidation sites excluding steroid dienone is 1. The molecule has 0 unspecified atom stereocenters. The quantitative estimate of drug-likeness (QED) is 0.125. The number of nitrogens with zero attached hydrogens (tertiary/aromatic N) is 1. The Labute approximate surface area is 205 Å². The third kappa shape index (κ3) is 6.04. The molecule has 0 atom stereocenters. The van der Waals surface area contributed by atoms with Gasteiger partial charge in [0.25, 0.3) is 0 Å². The number of ether oxygens (including phenoxy) is 2. The molecule has 0 aliphatic carbocycles. The highest BCUT2D eigenvalue weighted by molar-refractivity contribution is 5.91. The van der Waals surface area contributed by atoms with Crippen LogP contribution in [0.5, 0.6) is 11.5 Å². The van der Waals surface area contributed by atoms with E-state index >= 15 is 0 Å². The molecule has 4 heteroatoms. The van der Waals surface area contributed by atoms with Crippen LogP contribution < -0.4 is 9.47 Å². The molecule has 0 bridgehead atoms. The lowest BCUT2D eigenvalue weighted by Gasteiger charge is -2.17. The number of esters is 1. The van der Waals surface area contributed by atoms with Crippen molar-refractivity contribution in [1.82, 2.24) is 0 Å². The van der Waals surface area contributed by atoms with Crippen LogP contribution in [-0.2, 0) is 4.79 Å². The molecular formula is C31H25NO3. The second-order valence-electron chi connectivity index (χ2n) is 7.99. The molecule has 4 rings (SSSR count). The van der Waals surface area contributed by atoms with Crippen LogP contribution in [0.4, 0.5) is 0 Å². The molecule has 0 saturated heterocycles. The van der Waals surface area contributed by atoms with Crippen LogP contribution in [-0.4, -0.2) is 13.1 Å². The predicted molar refractivity (Wildman–Crippen MR) is 138 cm³/mol. The molecule has 4 nitrogen and oxygen atoms in total. The van der Waals surface area contributed by atoms with Gasteiger partial charge in [0.2, 0.25) is 0 Å². The summed E-state index contributed by atoms with van der Waals surface area (Å²) in [7, 11) is 1.58. The van der Waals surface area contributed by atoms with Crippen molar-refractivity contribution in [1.29, 1.82) is 5.26 Å². The molecule has 0 aromatic heterocycles. The van der Waals surface area contributed by atoms with Crippen LogP contribution in [0.25, 0.3) is 11.6 Å². The van der Waals surface area contributed by atoms with Gasteiger partial charge in [0.1, 0.15) is 11.5 Å². The topological polar surface area (TPSA) is 59.3 Å². The van der Waals surface area contributed by atoms with Gasteiger partial charge in [0, 0.05) is 11.5 Å². The van der Waals surface area contributed by atoms with Crippen molar-refractivity contribution in [3.63, 3.8) is 0 Å². The molecule has 4 aromatic carbocycles. The first-order valence-corrected chi connectivity index (χ1v) is 11.3. The van der Waals surface area contributed by atoms with Gasteiger partial charge in [-0.3, -0.25) is 4.79 Å². The van der Waals surface area contributed by atoms with Crippen LogP contribution in [0, 0.1) is 11.3 Å². The summed E-state index contributed by atoms with van der Waals surface area (Å²) in [5, 5.41) is 9.73. The van der Waals surface area contributed by atoms with Crippen molar-refractivity contribution in [2.75, 3.05) is 7.11 Å². The van der Waals surface area contributed by atoms with Crippen molar-refractivity contribution in [2.45, 2.75) is 12.3 Å². The van der Waals surface area contributed by atoms with Crippen LogP contribution in [0.3, 0.4) is 0 Å². The molecule has 35 heavy (non-hydrogen) atoms. The van der Waals surface area contributed by atoms with Gasteiger partial charge in [0.05, 0.1) is 25.2 Å². The summed E-state index contributed by atoms with van der Waals surface area (Å²) in [5.41, 5.74) is 4.03. The van der Waals surface area contributed by atoms with Gasteiger partial charge in [-0.1, -0.05) is 84.9 Å². The molecule has 0 saturated carbocycles. The number of rotatable bonds is 8. The fourth-order valence-corrected chi connectivity index (χ4v) is 4.01. The van der Waals surface area contributed by atoms with Gasteiger partial charge in [-0.15, -0.1) is 0 Å². The van der Waals surface area contributed by atoms with Gasteiger partial charge < -0.3 is 9.47 Å². The van der Waals surface area contributed by atoms with Gasteiger partial charge in [-0.25, -0.2) is 0 Å². The highest BCUT2D eigenvalue weighted by Gasteiger charge is 2.19. The van der Waals surface area contributed by atoms with Crippen molar-refractivity contribution in [3.8, 4) is 17.6 Å². The Hall–Kier alpha value is -4.62.